The lowest BCUT2D eigenvalue weighted by atomic mass is 10.0. The highest BCUT2D eigenvalue weighted by Gasteiger charge is 2.27. The molecule has 3 rings (SSSR count). The summed E-state index contributed by atoms with van der Waals surface area (Å²) in [5.41, 5.74) is 2.15. The van der Waals surface area contributed by atoms with Gasteiger partial charge in [-0.15, -0.1) is 0 Å². The zero-order valence-corrected chi connectivity index (χ0v) is 17.8. The first-order valence-electron chi connectivity index (χ1n) is 9.64. The monoisotopic (exact) mass is 439 g/mol. The van der Waals surface area contributed by atoms with Gasteiger partial charge in [0.15, 0.2) is 11.5 Å². The van der Waals surface area contributed by atoms with Gasteiger partial charge in [-0.25, -0.2) is 0 Å². The molecule has 0 bridgehead atoms. The molecule has 0 saturated carbocycles. The quantitative estimate of drug-likeness (QED) is 0.358. The number of ether oxygens (including phenoxy) is 1. The van der Waals surface area contributed by atoms with Crippen LogP contribution in [0.25, 0.3) is 11.1 Å². The van der Waals surface area contributed by atoms with Gasteiger partial charge in [-0.1, -0.05) is 61.8 Å². The zero-order valence-electron chi connectivity index (χ0n) is 17.0. The topological polar surface area (TPSA) is 95.9 Å². The fraction of sp³-hybridized carbons (Fsp3) is 0.167. The Bertz CT molecular complexity index is 1100. The van der Waals surface area contributed by atoms with Crippen molar-refractivity contribution < 1.29 is 24.5 Å². The molecule has 31 heavy (non-hydrogen) atoms. The lowest BCUT2D eigenvalue weighted by molar-refractivity contribution is -0.157. The molecule has 0 heterocycles. The molecule has 0 spiro atoms. The summed E-state index contributed by atoms with van der Waals surface area (Å²) < 4.78 is 5.49. The Labute approximate surface area is 185 Å². The van der Waals surface area contributed by atoms with Crippen LogP contribution >= 0.6 is 11.6 Å². The van der Waals surface area contributed by atoms with E-state index in [9.17, 15) is 19.8 Å². The van der Waals surface area contributed by atoms with Crippen LogP contribution in [0, 0.1) is 5.92 Å². The van der Waals surface area contributed by atoms with E-state index in [1.807, 2.05) is 0 Å². The average molecular weight is 440 g/mol. The van der Waals surface area contributed by atoms with Gasteiger partial charge >= 0.3 is 5.97 Å². The highest BCUT2D eigenvalue weighted by Crippen LogP contribution is 2.34. The highest BCUT2D eigenvalue weighted by molar-refractivity contribution is 6.30. The van der Waals surface area contributed by atoms with Crippen molar-refractivity contribution >= 4 is 29.2 Å². The molecular weight excluding hydrogens is 418 g/mol. The van der Waals surface area contributed by atoms with Crippen molar-refractivity contribution in [3.8, 4) is 22.6 Å². The van der Waals surface area contributed by atoms with Gasteiger partial charge in [0, 0.05) is 21.8 Å². The van der Waals surface area contributed by atoms with Crippen LogP contribution in [0.5, 0.6) is 11.5 Å². The number of halogens is 1. The summed E-state index contributed by atoms with van der Waals surface area (Å²) in [6, 6.07) is 17.9. The van der Waals surface area contributed by atoms with E-state index in [4.69, 9.17) is 16.3 Å². The van der Waals surface area contributed by atoms with E-state index in [1.165, 1.54) is 12.1 Å². The lowest BCUT2D eigenvalue weighted by Gasteiger charge is -2.20. The Morgan fingerprint density at radius 2 is 1.61 bits per heavy atom. The molecule has 1 amide bonds. The molecule has 3 aromatic rings. The molecule has 0 radical (unpaired) electrons. The summed E-state index contributed by atoms with van der Waals surface area (Å²) in [5, 5.41) is 22.7. The Morgan fingerprint density at radius 1 is 0.935 bits per heavy atom. The van der Waals surface area contributed by atoms with Crippen LogP contribution in [0.15, 0.2) is 66.7 Å². The van der Waals surface area contributed by atoms with E-state index in [0.29, 0.717) is 27.4 Å². The minimum Gasteiger partial charge on any atom is -0.504 e. The largest absolute Gasteiger partial charge is 0.504 e. The number of hydrogen-bond donors (Lipinski definition) is 3. The fourth-order valence-electron chi connectivity index (χ4n) is 2.90. The highest BCUT2D eigenvalue weighted by atomic mass is 35.5. The molecule has 3 N–H and O–H groups in total. The summed E-state index contributed by atoms with van der Waals surface area (Å²) in [7, 11) is 0. The van der Waals surface area contributed by atoms with Gasteiger partial charge in [0.1, 0.15) is 0 Å². The number of nitrogens with one attached hydrogen (secondary N) is 1. The molecule has 1 atom stereocenters. The van der Waals surface area contributed by atoms with E-state index in [2.05, 4.69) is 5.32 Å². The smallest absolute Gasteiger partial charge is 0.309 e. The normalized spacial score (nSPS) is 11.7. The third kappa shape index (κ3) is 5.35. The van der Waals surface area contributed by atoms with Gasteiger partial charge < -0.3 is 20.3 Å². The number of phenols is 2. The second kappa shape index (κ2) is 9.53. The van der Waals surface area contributed by atoms with Crippen LogP contribution in [0.4, 0.5) is 5.69 Å². The first-order chi connectivity index (χ1) is 14.8. The van der Waals surface area contributed by atoms with Crippen LogP contribution in [0.1, 0.15) is 25.5 Å². The maximum absolute atomic E-state index is 13.1. The molecule has 0 aromatic heterocycles. The molecule has 7 heteroatoms. The second-order valence-corrected chi connectivity index (χ2v) is 7.70. The van der Waals surface area contributed by atoms with Crippen LogP contribution in [0.3, 0.4) is 0 Å². The summed E-state index contributed by atoms with van der Waals surface area (Å²) in [6.45, 7) is 3.37. The summed E-state index contributed by atoms with van der Waals surface area (Å²) >= 11 is 5.95. The van der Waals surface area contributed by atoms with Crippen molar-refractivity contribution in [2.75, 3.05) is 5.32 Å². The van der Waals surface area contributed by atoms with E-state index in [1.54, 1.807) is 68.4 Å². The van der Waals surface area contributed by atoms with Gasteiger partial charge in [-0.05, 0) is 35.9 Å². The number of carbonyl (C=O) groups excluding carboxylic acids is 2. The van der Waals surface area contributed by atoms with Crippen LogP contribution in [0.2, 0.25) is 5.02 Å². The molecule has 0 saturated heterocycles. The maximum atomic E-state index is 13.1. The molecule has 0 aliphatic rings. The number of hydrogen-bond acceptors (Lipinski definition) is 5. The summed E-state index contributed by atoms with van der Waals surface area (Å²) in [4.78, 5) is 25.4. The van der Waals surface area contributed by atoms with Crippen molar-refractivity contribution in [3.63, 3.8) is 0 Å². The Balaban J connectivity index is 1.94. The Kier molecular flexibility index (Phi) is 6.82. The van der Waals surface area contributed by atoms with Crippen molar-refractivity contribution in [3.05, 3.63) is 77.3 Å². The molecule has 0 fully saturated rings. The van der Waals surface area contributed by atoms with Gasteiger partial charge in [0.25, 0.3) is 5.91 Å². The number of esters is 1. The second-order valence-electron chi connectivity index (χ2n) is 7.26. The zero-order chi connectivity index (χ0) is 22.5. The predicted molar refractivity (Wildman–Crippen MR) is 119 cm³/mol. The molecule has 160 valence electrons. The number of benzene rings is 3. The van der Waals surface area contributed by atoms with Crippen LogP contribution in [-0.2, 0) is 14.3 Å². The molecule has 6 nitrogen and oxygen atoms in total. The van der Waals surface area contributed by atoms with Gasteiger partial charge in [-0.3, -0.25) is 9.59 Å². The minimum absolute atomic E-state index is 0.242. The van der Waals surface area contributed by atoms with Crippen molar-refractivity contribution in [2.45, 2.75) is 20.0 Å². The number of phenolic OH excluding ortho intramolecular Hbond substituents is 2. The number of para-hydroxylation sites is 1. The average Bonchev–Trinajstić information content (AvgIpc) is 2.75. The fourth-order valence-corrected chi connectivity index (χ4v) is 3.02. The summed E-state index contributed by atoms with van der Waals surface area (Å²) in [5.74, 6) is -1.97. The third-order valence-corrected chi connectivity index (χ3v) is 4.84. The Hall–Kier alpha value is -3.51. The molecular formula is C24H22ClNO5. The SMILES string of the molecule is CC(C)C(=O)OC(C(=O)Nc1ccccc1-c1ccc(O)c(O)c1)c1ccc(Cl)cc1. The summed E-state index contributed by atoms with van der Waals surface area (Å²) in [6.07, 6.45) is -1.17. The number of aromatic hydroxyl groups is 2. The predicted octanol–water partition coefficient (Wildman–Crippen LogP) is 5.30. The minimum atomic E-state index is -1.17. The van der Waals surface area contributed by atoms with Crippen LogP contribution in [-0.4, -0.2) is 22.1 Å². The lowest BCUT2D eigenvalue weighted by Crippen LogP contribution is -2.27. The maximum Gasteiger partial charge on any atom is 0.309 e. The molecule has 0 aliphatic heterocycles. The number of rotatable bonds is 6. The van der Waals surface area contributed by atoms with E-state index < -0.39 is 23.9 Å². The third-order valence-electron chi connectivity index (χ3n) is 4.59. The van der Waals surface area contributed by atoms with Crippen molar-refractivity contribution in [1.29, 1.82) is 0 Å². The van der Waals surface area contributed by atoms with Gasteiger partial charge in [0.2, 0.25) is 6.10 Å². The Morgan fingerprint density at radius 3 is 2.26 bits per heavy atom. The van der Waals surface area contributed by atoms with Gasteiger partial charge in [-0.2, -0.15) is 0 Å². The molecule has 3 aromatic carbocycles. The first kappa shape index (κ1) is 22.2. The van der Waals surface area contributed by atoms with E-state index in [-0.39, 0.29) is 11.5 Å². The molecule has 0 aliphatic carbocycles. The van der Waals surface area contributed by atoms with Crippen molar-refractivity contribution in [1.82, 2.24) is 0 Å². The number of amides is 1. The van der Waals surface area contributed by atoms with E-state index in [0.717, 1.165) is 0 Å². The van der Waals surface area contributed by atoms with Crippen LogP contribution < -0.4 is 5.32 Å². The van der Waals surface area contributed by atoms with Crippen molar-refractivity contribution in [2.24, 2.45) is 5.92 Å². The van der Waals surface area contributed by atoms with Gasteiger partial charge in [0.05, 0.1) is 5.92 Å². The standard InChI is InChI=1S/C24H22ClNO5/c1-14(2)24(30)31-22(15-7-10-17(25)11-8-15)23(29)26-19-6-4-3-5-18(19)16-9-12-20(27)21(28)13-16/h3-14,22,27-28H,1-2H3,(H,26,29). The first-order valence-corrected chi connectivity index (χ1v) is 10.0. The molecule has 1 unspecified atom stereocenters. The number of carbonyl (C=O) groups is 2. The van der Waals surface area contributed by atoms with E-state index >= 15 is 0 Å². The number of anilines is 1.